The molecule has 6 atom stereocenters. The number of fused-ring (bicyclic) bond motifs is 2. The topological polar surface area (TPSA) is 37.3 Å². The number of rotatable bonds is 5. The molecule has 0 saturated heterocycles. The Balaban J connectivity index is 1.62. The standard InChI is InChI=1S/C18H30O2/c1-2-3-12-5-7-17(18(19)20)16(8-12)11-15-10-13-4-6-14(15)9-13/h12-17H,2-11H2,1H3,(H,19,20). The van der Waals surface area contributed by atoms with Crippen molar-refractivity contribution in [2.75, 3.05) is 0 Å². The number of hydrogen-bond donors (Lipinski definition) is 1. The van der Waals surface area contributed by atoms with Crippen LogP contribution in [0.5, 0.6) is 0 Å². The fourth-order valence-corrected chi connectivity index (χ4v) is 5.67. The van der Waals surface area contributed by atoms with Gasteiger partial charge in [0.2, 0.25) is 0 Å². The molecular weight excluding hydrogens is 248 g/mol. The molecule has 2 nitrogen and oxygen atoms in total. The lowest BCUT2D eigenvalue weighted by Gasteiger charge is -2.37. The first-order chi connectivity index (χ1) is 9.67. The van der Waals surface area contributed by atoms with Gasteiger partial charge in [-0.1, -0.05) is 26.2 Å². The molecule has 3 aliphatic carbocycles. The first-order valence-corrected chi connectivity index (χ1v) is 8.90. The summed E-state index contributed by atoms with van der Waals surface area (Å²) in [4.78, 5) is 11.6. The average molecular weight is 278 g/mol. The summed E-state index contributed by atoms with van der Waals surface area (Å²) in [5.41, 5.74) is 0. The minimum Gasteiger partial charge on any atom is -0.481 e. The number of carboxylic acids is 1. The van der Waals surface area contributed by atoms with Crippen LogP contribution in [-0.4, -0.2) is 11.1 Å². The molecule has 0 radical (unpaired) electrons. The second-order valence-electron chi connectivity index (χ2n) is 7.84. The highest BCUT2D eigenvalue weighted by Crippen LogP contribution is 2.52. The summed E-state index contributed by atoms with van der Waals surface area (Å²) in [5.74, 6) is 3.52. The molecule has 2 heteroatoms. The Kier molecular flexibility index (Phi) is 4.37. The van der Waals surface area contributed by atoms with Gasteiger partial charge in [0.1, 0.15) is 0 Å². The quantitative estimate of drug-likeness (QED) is 0.789. The highest BCUT2D eigenvalue weighted by Gasteiger charge is 2.43. The summed E-state index contributed by atoms with van der Waals surface area (Å²) >= 11 is 0. The largest absolute Gasteiger partial charge is 0.481 e. The summed E-state index contributed by atoms with van der Waals surface area (Å²) in [5, 5.41) is 9.53. The fraction of sp³-hybridized carbons (Fsp3) is 0.944. The normalized spacial score (nSPS) is 43.9. The van der Waals surface area contributed by atoms with Crippen molar-refractivity contribution in [3.05, 3.63) is 0 Å². The lowest BCUT2D eigenvalue weighted by atomic mass is 9.68. The molecule has 3 saturated carbocycles. The zero-order valence-electron chi connectivity index (χ0n) is 12.9. The molecule has 1 N–H and O–H groups in total. The van der Waals surface area contributed by atoms with E-state index >= 15 is 0 Å². The lowest BCUT2D eigenvalue weighted by molar-refractivity contribution is -0.145. The molecule has 0 aliphatic heterocycles. The zero-order chi connectivity index (χ0) is 14.1. The second kappa shape index (κ2) is 6.07. The van der Waals surface area contributed by atoms with Crippen LogP contribution in [0, 0.1) is 35.5 Å². The maximum Gasteiger partial charge on any atom is 0.306 e. The van der Waals surface area contributed by atoms with Crippen LogP contribution >= 0.6 is 0 Å². The van der Waals surface area contributed by atoms with E-state index in [9.17, 15) is 9.90 Å². The maximum atomic E-state index is 11.6. The summed E-state index contributed by atoms with van der Waals surface area (Å²) < 4.78 is 0. The number of carbonyl (C=O) groups is 1. The van der Waals surface area contributed by atoms with Gasteiger partial charge in [-0.2, -0.15) is 0 Å². The van der Waals surface area contributed by atoms with E-state index < -0.39 is 5.97 Å². The summed E-state index contributed by atoms with van der Waals surface area (Å²) in [6.45, 7) is 2.26. The molecular formula is C18H30O2. The minimum absolute atomic E-state index is 0.0396. The van der Waals surface area contributed by atoms with E-state index in [-0.39, 0.29) is 5.92 Å². The van der Waals surface area contributed by atoms with Crippen LogP contribution in [0.25, 0.3) is 0 Å². The van der Waals surface area contributed by atoms with E-state index in [1.807, 2.05) is 0 Å². The van der Waals surface area contributed by atoms with Crippen LogP contribution in [0.2, 0.25) is 0 Å². The van der Waals surface area contributed by atoms with E-state index in [2.05, 4.69) is 6.92 Å². The van der Waals surface area contributed by atoms with Gasteiger partial charge in [0.25, 0.3) is 0 Å². The van der Waals surface area contributed by atoms with E-state index in [0.29, 0.717) is 5.92 Å². The molecule has 0 aromatic carbocycles. The number of carboxylic acid groups (broad SMARTS) is 1. The predicted octanol–water partition coefficient (Wildman–Crippen LogP) is 4.73. The van der Waals surface area contributed by atoms with Gasteiger partial charge in [-0.05, 0) is 74.5 Å². The van der Waals surface area contributed by atoms with Crippen molar-refractivity contribution >= 4 is 5.97 Å². The Labute approximate surface area is 123 Å². The zero-order valence-corrected chi connectivity index (χ0v) is 12.9. The van der Waals surface area contributed by atoms with Crippen molar-refractivity contribution in [3.8, 4) is 0 Å². The fourth-order valence-electron chi connectivity index (χ4n) is 5.67. The van der Waals surface area contributed by atoms with Crippen LogP contribution in [-0.2, 0) is 4.79 Å². The van der Waals surface area contributed by atoms with E-state index in [1.54, 1.807) is 0 Å². The Hall–Kier alpha value is -0.530. The van der Waals surface area contributed by atoms with Crippen molar-refractivity contribution in [3.63, 3.8) is 0 Å². The molecule has 6 unspecified atom stereocenters. The predicted molar refractivity (Wildman–Crippen MR) is 80.4 cm³/mol. The third-order valence-electron chi connectivity index (χ3n) is 6.60. The monoisotopic (exact) mass is 278 g/mol. The molecule has 0 aromatic heterocycles. The molecule has 20 heavy (non-hydrogen) atoms. The smallest absolute Gasteiger partial charge is 0.306 e. The summed E-state index contributed by atoms with van der Waals surface area (Å²) in [6.07, 6.45) is 12.8. The third kappa shape index (κ3) is 2.89. The van der Waals surface area contributed by atoms with Gasteiger partial charge in [-0.25, -0.2) is 0 Å². The molecule has 0 aromatic rings. The number of hydrogen-bond acceptors (Lipinski definition) is 1. The van der Waals surface area contributed by atoms with Crippen molar-refractivity contribution in [1.29, 1.82) is 0 Å². The molecule has 2 bridgehead atoms. The highest BCUT2D eigenvalue weighted by atomic mass is 16.4. The summed E-state index contributed by atoms with van der Waals surface area (Å²) in [6, 6.07) is 0. The SMILES string of the molecule is CCCC1CCC(C(=O)O)C(CC2CC3CCC2C3)C1. The van der Waals surface area contributed by atoms with Gasteiger partial charge in [0.15, 0.2) is 0 Å². The molecule has 3 rings (SSSR count). The summed E-state index contributed by atoms with van der Waals surface area (Å²) in [7, 11) is 0. The third-order valence-corrected chi connectivity index (χ3v) is 6.60. The van der Waals surface area contributed by atoms with Gasteiger partial charge in [-0.15, -0.1) is 0 Å². The Bertz CT molecular complexity index is 351. The van der Waals surface area contributed by atoms with Gasteiger partial charge in [-0.3, -0.25) is 4.79 Å². The first-order valence-electron chi connectivity index (χ1n) is 8.90. The van der Waals surface area contributed by atoms with Gasteiger partial charge < -0.3 is 5.11 Å². The number of aliphatic carboxylic acids is 1. The van der Waals surface area contributed by atoms with Crippen LogP contribution in [0.1, 0.15) is 71.1 Å². The van der Waals surface area contributed by atoms with Gasteiger partial charge >= 0.3 is 5.97 Å². The maximum absolute atomic E-state index is 11.6. The van der Waals surface area contributed by atoms with Gasteiger partial charge in [0, 0.05) is 0 Å². The van der Waals surface area contributed by atoms with Crippen molar-refractivity contribution in [2.45, 2.75) is 71.1 Å². The van der Waals surface area contributed by atoms with E-state index in [4.69, 9.17) is 0 Å². The Morgan fingerprint density at radius 1 is 1.05 bits per heavy atom. The van der Waals surface area contributed by atoms with E-state index in [0.717, 1.165) is 36.5 Å². The Morgan fingerprint density at radius 2 is 1.90 bits per heavy atom. The van der Waals surface area contributed by atoms with Gasteiger partial charge in [0.05, 0.1) is 5.92 Å². The molecule has 3 aliphatic rings. The second-order valence-corrected chi connectivity index (χ2v) is 7.84. The highest BCUT2D eigenvalue weighted by molar-refractivity contribution is 5.70. The van der Waals surface area contributed by atoms with Crippen molar-refractivity contribution in [1.82, 2.24) is 0 Å². The van der Waals surface area contributed by atoms with Crippen molar-refractivity contribution in [2.24, 2.45) is 35.5 Å². The molecule has 114 valence electrons. The van der Waals surface area contributed by atoms with Crippen LogP contribution in [0.15, 0.2) is 0 Å². The first kappa shape index (κ1) is 14.4. The van der Waals surface area contributed by atoms with Crippen LogP contribution in [0.3, 0.4) is 0 Å². The molecule has 0 heterocycles. The minimum atomic E-state index is -0.520. The molecule has 3 fully saturated rings. The molecule has 0 spiro atoms. The Morgan fingerprint density at radius 3 is 2.50 bits per heavy atom. The average Bonchev–Trinajstić information content (AvgIpc) is 3.01. The lowest BCUT2D eigenvalue weighted by Crippen LogP contribution is -2.32. The van der Waals surface area contributed by atoms with Crippen LogP contribution < -0.4 is 0 Å². The van der Waals surface area contributed by atoms with Crippen LogP contribution in [0.4, 0.5) is 0 Å². The van der Waals surface area contributed by atoms with E-state index in [1.165, 1.54) is 51.4 Å². The molecule has 0 amide bonds. The van der Waals surface area contributed by atoms with Crippen molar-refractivity contribution < 1.29 is 9.90 Å².